The van der Waals surface area contributed by atoms with Gasteiger partial charge in [0.15, 0.2) is 0 Å². The first-order chi connectivity index (χ1) is 10.6. The molecule has 1 aliphatic heterocycles. The van der Waals surface area contributed by atoms with Crippen LogP contribution >= 0.6 is 22.9 Å². The summed E-state index contributed by atoms with van der Waals surface area (Å²) < 4.78 is 0. The first kappa shape index (κ1) is 16.0. The molecule has 1 amide bonds. The fourth-order valence-electron chi connectivity index (χ4n) is 3.24. The van der Waals surface area contributed by atoms with Crippen LogP contribution in [-0.4, -0.2) is 52.6 Å². The lowest BCUT2D eigenvalue weighted by atomic mass is 9.90. The summed E-state index contributed by atoms with van der Waals surface area (Å²) in [6.07, 6.45) is 6.50. The van der Waals surface area contributed by atoms with E-state index in [-0.39, 0.29) is 5.91 Å². The summed E-state index contributed by atoms with van der Waals surface area (Å²) in [6, 6.07) is 0. The van der Waals surface area contributed by atoms with Gasteiger partial charge in [0.25, 0.3) is 0 Å². The zero-order valence-electron chi connectivity index (χ0n) is 13.0. The molecule has 3 rings (SSSR count). The molecular formula is C15H23ClN4OS. The van der Waals surface area contributed by atoms with Crippen molar-refractivity contribution in [2.45, 2.75) is 50.3 Å². The number of halogens is 1. The van der Waals surface area contributed by atoms with Gasteiger partial charge >= 0.3 is 0 Å². The Balaban J connectivity index is 1.57. The Hall–Kier alpha value is -0.880. The van der Waals surface area contributed by atoms with E-state index in [0.29, 0.717) is 19.0 Å². The summed E-state index contributed by atoms with van der Waals surface area (Å²) in [7, 11) is 0. The average molecular weight is 343 g/mol. The van der Waals surface area contributed by atoms with Gasteiger partial charge in [-0.15, -0.1) is 21.8 Å². The van der Waals surface area contributed by atoms with Gasteiger partial charge in [-0.25, -0.2) is 0 Å². The molecule has 2 fully saturated rings. The molecule has 122 valence electrons. The summed E-state index contributed by atoms with van der Waals surface area (Å²) in [6.45, 7) is 4.79. The standard InChI is InChI=1S/C15H23ClN4OS/c1-11(16)14(21)19-7-9-20(10-8-19)15-18-17-13(22-15)12-5-3-2-4-6-12/h11-12H,2-10H2,1H3. The van der Waals surface area contributed by atoms with E-state index in [1.165, 1.54) is 37.1 Å². The quantitative estimate of drug-likeness (QED) is 0.792. The lowest BCUT2D eigenvalue weighted by molar-refractivity contribution is -0.130. The zero-order valence-corrected chi connectivity index (χ0v) is 14.6. The molecule has 1 saturated heterocycles. The monoisotopic (exact) mass is 342 g/mol. The lowest BCUT2D eigenvalue weighted by Crippen LogP contribution is -2.50. The molecule has 2 heterocycles. The van der Waals surface area contributed by atoms with Gasteiger partial charge in [-0.3, -0.25) is 4.79 Å². The molecule has 0 aromatic carbocycles. The molecule has 0 spiro atoms. The summed E-state index contributed by atoms with van der Waals surface area (Å²) in [5.74, 6) is 0.640. The Labute approximate surface area is 140 Å². The number of alkyl halides is 1. The molecule has 2 aliphatic rings. The molecule has 0 radical (unpaired) electrons. The summed E-state index contributed by atoms with van der Waals surface area (Å²) in [5, 5.41) is 10.6. The van der Waals surface area contributed by atoms with Crippen molar-refractivity contribution in [1.29, 1.82) is 0 Å². The van der Waals surface area contributed by atoms with E-state index in [4.69, 9.17) is 11.6 Å². The Morgan fingerprint density at radius 1 is 1.18 bits per heavy atom. The van der Waals surface area contributed by atoms with E-state index in [2.05, 4.69) is 15.1 Å². The molecule has 0 bridgehead atoms. The van der Waals surface area contributed by atoms with Gasteiger partial charge in [0.2, 0.25) is 11.0 Å². The molecule has 1 aromatic heterocycles. The molecule has 1 aromatic rings. The Bertz CT molecular complexity index is 507. The van der Waals surface area contributed by atoms with Crippen LogP contribution in [0, 0.1) is 0 Å². The number of aromatic nitrogens is 2. The van der Waals surface area contributed by atoms with E-state index < -0.39 is 5.38 Å². The van der Waals surface area contributed by atoms with Crippen LogP contribution in [0.15, 0.2) is 0 Å². The van der Waals surface area contributed by atoms with Gasteiger partial charge in [-0.1, -0.05) is 30.6 Å². The highest BCUT2D eigenvalue weighted by Crippen LogP contribution is 2.36. The number of carbonyl (C=O) groups excluding carboxylic acids is 1. The normalized spacial score (nSPS) is 21.9. The number of anilines is 1. The highest BCUT2D eigenvalue weighted by atomic mass is 35.5. The van der Waals surface area contributed by atoms with Crippen molar-refractivity contribution in [2.24, 2.45) is 0 Å². The van der Waals surface area contributed by atoms with Crippen molar-refractivity contribution in [3.8, 4) is 0 Å². The molecule has 7 heteroatoms. The van der Waals surface area contributed by atoms with Crippen LogP contribution in [0.25, 0.3) is 0 Å². The second kappa shape index (κ2) is 7.13. The molecule has 1 unspecified atom stereocenters. The minimum absolute atomic E-state index is 0.0291. The molecule has 0 N–H and O–H groups in total. The minimum Gasteiger partial charge on any atom is -0.343 e. The fraction of sp³-hybridized carbons (Fsp3) is 0.800. The highest BCUT2D eigenvalue weighted by Gasteiger charge is 2.26. The average Bonchev–Trinajstić information content (AvgIpc) is 3.05. The molecular weight excluding hydrogens is 320 g/mol. The maximum Gasteiger partial charge on any atom is 0.240 e. The van der Waals surface area contributed by atoms with E-state index >= 15 is 0 Å². The number of hydrogen-bond donors (Lipinski definition) is 0. The fourth-order valence-corrected chi connectivity index (χ4v) is 4.44. The number of nitrogens with zero attached hydrogens (tertiary/aromatic N) is 4. The van der Waals surface area contributed by atoms with Gasteiger partial charge in [0, 0.05) is 32.1 Å². The second-order valence-electron chi connectivity index (χ2n) is 6.19. The first-order valence-electron chi connectivity index (χ1n) is 8.16. The van der Waals surface area contributed by atoms with Crippen LogP contribution in [0.2, 0.25) is 0 Å². The minimum atomic E-state index is -0.439. The largest absolute Gasteiger partial charge is 0.343 e. The molecule has 1 saturated carbocycles. The van der Waals surface area contributed by atoms with Crippen molar-refractivity contribution in [2.75, 3.05) is 31.1 Å². The third kappa shape index (κ3) is 3.54. The molecule has 1 atom stereocenters. The Morgan fingerprint density at radius 3 is 2.50 bits per heavy atom. The molecule has 22 heavy (non-hydrogen) atoms. The van der Waals surface area contributed by atoms with Gasteiger partial charge < -0.3 is 9.80 Å². The Morgan fingerprint density at radius 2 is 1.86 bits per heavy atom. The summed E-state index contributed by atoms with van der Waals surface area (Å²) >= 11 is 7.62. The summed E-state index contributed by atoms with van der Waals surface area (Å²) in [5.41, 5.74) is 0. The van der Waals surface area contributed by atoms with Crippen LogP contribution in [0.4, 0.5) is 5.13 Å². The van der Waals surface area contributed by atoms with Crippen LogP contribution in [-0.2, 0) is 4.79 Å². The van der Waals surface area contributed by atoms with Crippen molar-refractivity contribution in [3.63, 3.8) is 0 Å². The van der Waals surface area contributed by atoms with Gasteiger partial charge in [0.05, 0.1) is 0 Å². The first-order valence-corrected chi connectivity index (χ1v) is 9.41. The van der Waals surface area contributed by atoms with Gasteiger partial charge in [-0.2, -0.15) is 0 Å². The predicted molar refractivity (Wildman–Crippen MR) is 89.8 cm³/mol. The van der Waals surface area contributed by atoms with Crippen LogP contribution in [0.3, 0.4) is 0 Å². The third-order valence-corrected chi connectivity index (χ3v) is 5.92. The number of amides is 1. The third-order valence-electron chi connectivity index (χ3n) is 4.59. The van der Waals surface area contributed by atoms with E-state index in [0.717, 1.165) is 18.2 Å². The number of rotatable bonds is 3. The smallest absolute Gasteiger partial charge is 0.240 e. The van der Waals surface area contributed by atoms with E-state index in [9.17, 15) is 4.79 Å². The van der Waals surface area contributed by atoms with Gasteiger partial charge in [-0.05, 0) is 19.8 Å². The van der Waals surface area contributed by atoms with E-state index in [1.54, 1.807) is 18.3 Å². The van der Waals surface area contributed by atoms with Crippen molar-refractivity contribution < 1.29 is 4.79 Å². The number of piperazine rings is 1. The van der Waals surface area contributed by atoms with Crippen molar-refractivity contribution >= 4 is 34.0 Å². The number of hydrogen-bond acceptors (Lipinski definition) is 5. The van der Waals surface area contributed by atoms with Crippen LogP contribution in [0.5, 0.6) is 0 Å². The van der Waals surface area contributed by atoms with Crippen molar-refractivity contribution in [3.05, 3.63) is 5.01 Å². The maximum absolute atomic E-state index is 11.9. The molecule has 5 nitrogen and oxygen atoms in total. The lowest BCUT2D eigenvalue weighted by Gasteiger charge is -2.34. The van der Waals surface area contributed by atoms with Crippen LogP contribution in [0.1, 0.15) is 50.0 Å². The topological polar surface area (TPSA) is 49.3 Å². The molecule has 1 aliphatic carbocycles. The van der Waals surface area contributed by atoms with Crippen LogP contribution < -0.4 is 4.90 Å². The van der Waals surface area contributed by atoms with Gasteiger partial charge in [0.1, 0.15) is 10.4 Å². The number of carbonyl (C=O) groups is 1. The highest BCUT2D eigenvalue weighted by molar-refractivity contribution is 7.15. The van der Waals surface area contributed by atoms with Crippen molar-refractivity contribution in [1.82, 2.24) is 15.1 Å². The maximum atomic E-state index is 11.9. The summed E-state index contributed by atoms with van der Waals surface area (Å²) in [4.78, 5) is 16.0. The zero-order chi connectivity index (χ0) is 15.5. The predicted octanol–water partition coefficient (Wildman–Crippen LogP) is 2.86. The second-order valence-corrected chi connectivity index (χ2v) is 7.83. The SMILES string of the molecule is CC(Cl)C(=O)N1CCN(c2nnc(C3CCCCC3)s2)CC1. The van der Waals surface area contributed by atoms with E-state index in [1.807, 2.05) is 4.90 Å². The Kier molecular flexibility index (Phi) is 5.18.